The molecule has 1 aromatic heterocycles. The normalized spacial score (nSPS) is 17.8. The second-order valence-corrected chi connectivity index (χ2v) is 5.54. The van der Waals surface area contributed by atoms with E-state index >= 15 is 0 Å². The minimum atomic E-state index is 0.147. The molecule has 1 fully saturated rings. The van der Waals surface area contributed by atoms with Crippen LogP contribution in [-0.4, -0.2) is 52.9 Å². The number of carbonyl (C=O) groups is 1. The molecule has 17 heavy (non-hydrogen) atoms. The lowest BCUT2D eigenvalue weighted by Crippen LogP contribution is -2.50. The van der Waals surface area contributed by atoms with Crippen LogP contribution in [0.25, 0.3) is 0 Å². The van der Waals surface area contributed by atoms with Crippen LogP contribution in [0.5, 0.6) is 0 Å². The second kappa shape index (κ2) is 5.14. The average molecular weight is 253 g/mol. The number of piperazine rings is 1. The Labute approximate surface area is 106 Å². The lowest BCUT2D eigenvalue weighted by atomic mass is 10.2. The number of amides is 1. The molecule has 1 aliphatic heterocycles. The third-order valence-electron chi connectivity index (χ3n) is 3.27. The Kier molecular flexibility index (Phi) is 3.79. The van der Waals surface area contributed by atoms with Crippen LogP contribution in [0.3, 0.4) is 0 Å². The van der Waals surface area contributed by atoms with Crippen molar-refractivity contribution in [3.8, 4) is 0 Å². The molecule has 0 bridgehead atoms. The van der Waals surface area contributed by atoms with Gasteiger partial charge in [-0.05, 0) is 20.8 Å². The summed E-state index contributed by atoms with van der Waals surface area (Å²) in [6, 6.07) is 0.567. The van der Waals surface area contributed by atoms with Crippen LogP contribution >= 0.6 is 11.3 Å². The van der Waals surface area contributed by atoms with Gasteiger partial charge in [-0.1, -0.05) is 0 Å². The van der Waals surface area contributed by atoms with Crippen molar-refractivity contribution in [3.05, 3.63) is 16.1 Å². The number of nitrogens with zero attached hydrogens (tertiary/aromatic N) is 3. The first kappa shape index (κ1) is 12.5. The maximum absolute atomic E-state index is 12.2. The van der Waals surface area contributed by atoms with E-state index in [1.54, 1.807) is 5.51 Å². The van der Waals surface area contributed by atoms with Gasteiger partial charge in [0.05, 0.1) is 11.2 Å². The highest BCUT2D eigenvalue weighted by molar-refractivity contribution is 7.11. The van der Waals surface area contributed by atoms with E-state index in [0.717, 1.165) is 36.8 Å². The quantitative estimate of drug-likeness (QED) is 0.803. The minimum Gasteiger partial charge on any atom is -0.335 e. The smallest absolute Gasteiger partial charge is 0.265 e. The Balaban J connectivity index is 1.98. The van der Waals surface area contributed by atoms with E-state index in [4.69, 9.17) is 0 Å². The highest BCUT2D eigenvalue weighted by Crippen LogP contribution is 2.16. The van der Waals surface area contributed by atoms with Crippen molar-refractivity contribution in [2.24, 2.45) is 0 Å². The molecule has 0 spiro atoms. The van der Waals surface area contributed by atoms with Crippen molar-refractivity contribution < 1.29 is 4.79 Å². The fraction of sp³-hybridized carbons (Fsp3) is 0.667. The van der Waals surface area contributed by atoms with E-state index in [1.165, 1.54) is 11.3 Å². The van der Waals surface area contributed by atoms with Crippen LogP contribution < -0.4 is 0 Å². The Morgan fingerprint density at radius 3 is 2.47 bits per heavy atom. The topological polar surface area (TPSA) is 36.4 Å². The first-order valence-corrected chi connectivity index (χ1v) is 6.91. The molecule has 1 saturated heterocycles. The Hall–Kier alpha value is -0.940. The van der Waals surface area contributed by atoms with Gasteiger partial charge in [0.2, 0.25) is 0 Å². The van der Waals surface area contributed by atoms with E-state index in [0.29, 0.717) is 6.04 Å². The summed E-state index contributed by atoms with van der Waals surface area (Å²) < 4.78 is 0. The number of aryl methyl sites for hydroxylation is 1. The van der Waals surface area contributed by atoms with Gasteiger partial charge in [0, 0.05) is 32.2 Å². The summed E-state index contributed by atoms with van der Waals surface area (Å²) in [5.74, 6) is 0.147. The highest BCUT2D eigenvalue weighted by atomic mass is 32.1. The van der Waals surface area contributed by atoms with E-state index in [1.807, 2.05) is 11.8 Å². The monoisotopic (exact) mass is 253 g/mol. The average Bonchev–Trinajstić information content (AvgIpc) is 2.74. The van der Waals surface area contributed by atoms with Crippen molar-refractivity contribution in [3.63, 3.8) is 0 Å². The fourth-order valence-corrected chi connectivity index (χ4v) is 2.86. The van der Waals surface area contributed by atoms with Gasteiger partial charge in [-0.3, -0.25) is 9.69 Å². The van der Waals surface area contributed by atoms with Crippen molar-refractivity contribution in [1.29, 1.82) is 0 Å². The highest BCUT2D eigenvalue weighted by Gasteiger charge is 2.24. The minimum absolute atomic E-state index is 0.147. The summed E-state index contributed by atoms with van der Waals surface area (Å²) in [6.07, 6.45) is 0. The van der Waals surface area contributed by atoms with Gasteiger partial charge in [0.1, 0.15) is 4.88 Å². The molecule has 0 saturated carbocycles. The number of thiazole rings is 1. The summed E-state index contributed by atoms with van der Waals surface area (Å²) in [4.78, 5) is 21.5. The van der Waals surface area contributed by atoms with Gasteiger partial charge in [-0.25, -0.2) is 4.98 Å². The lowest BCUT2D eigenvalue weighted by molar-refractivity contribution is 0.0599. The molecule has 0 atom stereocenters. The molecular weight excluding hydrogens is 234 g/mol. The van der Waals surface area contributed by atoms with Gasteiger partial charge < -0.3 is 4.90 Å². The van der Waals surface area contributed by atoms with Crippen LogP contribution in [-0.2, 0) is 0 Å². The Bertz CT molecular complexity index is 394. The van der Waals surface area contributed by atoms with Crippen molar-refractivity contribution in [1.82, 2.24) is 14.8 Å². The standard InChI is InChI=1S/C12H19N3OS/c1-9(2)14-4-6-15(7-5-14)12(16)11-10(3)13-8-17-11/h8-9H,4-7H2,1-3H3. The molecule has 0 aromatic carbocycles. The molecule has 4 nitrogen and oxygen atoms in total. The molecule has 0 unspecified atom stereocenters. The molecule has 1 aromatic rings. The van der Waals surface area contributed by atoms with Crippen molar-refractivity contribution in [2.75, 3.05) is 26.2 Å². The first-order chi connectivity index (χ1) is 8.09. The number of aromatic nitrogens is 1. The summed E-state index contributed by atoms with van der Waals surface area (Å²) in [5.41, 5.74) is 2.60. The molecule has 2 heterocycles. The molecule has 2 rings (SSSR count). The summed E-state index contributed by atoms with van der Waals surface area (Å²) in [6.45, 7) is 9.90. The maximum Gasteiger partial charge on any atom is 0.265 e. The molecule has 94 valence electrons. The van der Waals surface area contributed by atoms with Crippen LogP contribution in [0.15, 0.2) is 5.51 Å². The Morgan fingerprint density at radius 1 is 1.35 bits per heavy atom. The van der Waals surface area contributed by atoms with Gasteiger partial charge in [0.15, 0.2) is 0 Å². The molecule has 1 amide bonds. The molecule has 0 radical (unpaired) electrons. The third-order valence-corrected chi connectivity index (χ3v) is 4.19. The third kappa shape index (κ3) is 2.66. The van der Waals surface area contributed by atoms with Gasteiger partial charge in [0.25, 0.3) is 5.91 Å². The van der Waals surface area contributed by atoms with Gasteiger partial charge >= 0.3 is 0 Å². The van der Waals surface area contributed by atoms with Crippen molar-refractivity contribution >= 4 is 17.2 Å². The van der Waals surface area contributed by atoms with E-state index in [9.17, 15) is 4.79 Å². The van der Waals surface area contributed by atoms with Crippen LogP contribution in [0, 0.1) is 6.92 Å². The second-order valence-electron chi connectivity index (χ2n) is 4.69. The number of hydrogen-bond acceptors (Lipinski definition) is 4. The fourth-order valence-electron chi connectivity index (χ4n) is 2.09. The Morgan fingerprint density at radius 2 is 2.00 bits per heavy atom. The van der Waals surface area contributed by atoms with Crippen molar-refractivity contribution in [2.45, 2.75) is 26.8 Å². The van der Waals surface area contributed by atoms with Crippen LogP contribution in [0.1, 0.15) is 29.2 Å². The summed E-state index contributed by atoms with van der Waals surface area (Å²) >= 11 is 1.44. The number of hydrogen-bond donors (Lipinski definition) is 0. The van der Waals surface area contributed by atoms with Gasteiger partial charge in [-0.15, -0.1) is 11.3 Å². The molecule has 0 aliphatic carbocycles. The summed E-state index contributed by atoms with van der Waals surface area (Å²) in [5, 5.41) is 0. The zero-order chi connectivity index (χ0) is 12.4. The molecular formula is C12H19N3OS. The van der Waals surface area contributed by atoms with E-state index in [-0.39, 0.29) is 5.91 Å². The zero-order valence-electron chi connectivity index (χ0n) is 10.6. The first-order valence-electron chi connectivity index (χ1n) is 6.03. The van der Waals surface area contributed by atoms with Crippen LogP contribution in [0.4, 0.5) is 0 Å². The predicted octanol–water partition coefficient (Wildman–Crippen LogP) is 1.62. The predicted molar refractivity (Wildman–Crippen MR) is 69.5 cm³/mol. The number of carbonyl (C=O) groups excluding carboxylic acids is 1. The van der Waals surface area contributed by atoms with E-state index < -0.39 is 0 Å². The SMILES string of the molecule is Cc1ncsc1C(=O)N1CCN(C(C)C)CC1. The molecule has 0 N–H and O–H groups in total. The molecule has 1 aliphatic rings. The largest absolute Gasteiger partial charge is 0.335 e. The van der Waals surface area contributed by atoms with E-state index in [2.05, 4.69) is 23.7 Å². The van der Waals surface area contributed by atoms with Crippen LogP contribution in [0.2, 0.25) is 0 Å². The lowest BCUT2D eigenvalue weighted by Gasteiger charge is -2.36. The molecule has 5 heteroatoms. The maximum atomic E-state index is 12.2. The zero-order valence-corrected chi connectivity index (χ0v) is 11.5. The van der Waals surface area contributed by atoms with Gasteiger partial charge in [-0.2, -0.15) is 0 Å². The summed E-state index contributed by atoms with van der Waals surface area (Å²) in [7, 11) is 0. The number of rotatable bonds is 2.